The predicted octanol–water partition coefficient (Wildman–Crippen LogP) is 3.40. The van der Waals surface area contributed by atoms with Crippen molar-refractivity contribution in [2.75, 3.05) is 26.7 Å². The molecule has 1 N–H and O–H groups in total. The molecule has 0 saturated carbocycles. The summed E-state index contributed by atoms with van der Waals surface area (Å²) in [5.41, 5.74) is 1.11. The van der Waals surface area contributed by atoms with Crippen LogP contribution in [0.15, 0.2) is 48.5 Å². The van der Waals surface area contributed by atoms with Gasteiger partial charge in [0.25, 0.3) is 5.91 Å². The highest BCUT2D eigenvalue weighted by Gasteiger charge is 2.26. The van der Waals surface area contributed by atoms with Crippen LogP contribution >= 0.6 is 0 Å². The van der Waals surface area contributed by atoms with Crippen LogP contribution in [0.5, 0.6) is 5.75 Å². The lowest BCUT2D eigenvalue weighted by Crippen LogP contribution is -2.37. The molecule has 4 nitrogen and oxygen atoms in total. The van der Waals surface area contributed by atoms with Crippen molar-refractivity contribution in [2.45, 2.75) is 18.9 Å². The second kappa shape index (κ2) is 8.12. The molecule has 0 aliphatic carbocycles. The summed E-state index contributed by atoms with van der Waals surface area (Å²) in [6.45, 7) is 2.38. The second-order valence-corrected chi connectivity index (χ2v) is 6.19. The summed E-state index contributed by atoms with van der Waals surface area (Å²) in [6, 6.07) is 13.9. The molecule has 0 bridgehead atoms. The lowest BCUT2D eigenvalue weighted by Gasteiger charge is -2.29. The van der Waals surface area contributed by atoms with Gasteiger partial charge in [0.15, 0.2) is 0 Å². The van der Waals surface area contributed by atoms with E-state index in [1.165, 1.54) is 12.1 Å². The van der Waals surface area contributed by atoms with Crippen molar-refractivity contribution in [3.8, 4) is 5.75 Å². The van der Waals surface area contributed by atoms with Gasteiger partial charge in [0.1, 0.15) is 11.6 Å². The summed E-state index contributed by atoms with van der Waals surface area (Å²) in [6.07, 6.45) is 2.29. The molecule has 1 unspecified atom stereocenters. The molecule has 3 rings (SSSR count). The van der Waals surface area contributed by atoms with E-state index in [1.54, 1.807) is 19.2 Å². The molecule has 1 aliphatic rings. The molecule has 2 aromatic carbocycles. The number of nitrogens with zero attached hydrogens (tertiary/aromatic N) is 1. The quantitative estimate of drug-likeness (QED) is 0.875. The Labute approximate surface area is 147 Å². The van der Waals surface area contributed by atoms with E-state index in [1.807, 2.05) is 24.3 Å². The van der Waals surface area contributed by atoms with Crippen molar-refractivity contribution < 1.29 is 13.9 Å². The molecule has 25 heavy (non-hydrogen) atoms. The van der Waals surface area contributed by atoms with Crippen molar-refractivity contribution in [2.24, 2.45) is 0 Å². The maximum atomic E-state index is 13.8. The highest BCUT2D eigenvalue weighted by molar-refractivity contribution is 5.94. The number of ether oxygens (including phenoxy) is 1. The van der Waals surface area contributed by atoms with E-state index in [-0.39, 0.29) is 11.6 Å². The fraction of sp³-hybridized carbons (Fsp3) is 0.350. The Morgan fingerprint density at radius 2 is 1.84 bits per heavy atom. The zero-order valence-corrected chi connectivity index (χ0v) is 14.4. The molecule has 1 fully saturated rings. The number of nitrogens with one attached hydrogen (secondary N) is 1. The number of hydrogen-bond donors (Lipinski definition) is 1. The Balaban J connectivity index is 1.79. The van der Waals surface area contributed by atoms with Crippen LogP contribution in [-0.2, 0) is 0 Å². The molecular weight excluding hydrogens is 319 g/mol. The van der Waals surface area contributed by atoms with E-state index in [4.69, 9.17) is 4.74 Å². The molecule has 5 heteroatoms. The third-order valence-corrected chi connectivity index (χ3v) is 4.65. The lowest BCUT2D eigenvalue weighted by molar-refractivity contribution is 0.0933. The number of para-hydroxylation sites is 1. The maximum Gasteiger partial charge on any atom is 0.254 e. The van der Waals surface area contributed by atoms with Gasteiger partial charge in [-0.25, -0.2) is 4.39 Å². The van der Waals surface area contributed by atoms with Crippen LogP contribution in [0.3, 0.4) is 0 Å². The number of benzene rings is 2. The van der Waals surface area contributed by atoms with E-state index in [9.17, 15) is 9.18 Å². The van der Waals surface area contributed by atoms with E-state index >= 15 is 0 Å². The van der Waals surface area contributed by atoms with Crippen LogP contribution in [0.4, 0.5) is 4.39 Å². The van der Waals surface area contributed by atoms with E-state index in [2.05, 4.69) is 10.2 Å². The van der Waals surface area contributed by atoms with E-state index in [0.29, 0.717) is 6.54 Å². The van der Waals surface area contributed by atoms with Gasteiger partial charge in [-0.15, -0.1) is 0 Å². The molecule has 2 aromatic rings. The van der Waals surface area contributed by atoms with Crippen LogP contribution in [0, 0.1) is 5.82 Å². The van der Waals surface area contributed by atoms with Crippen molar-refractivity contribution >= 4 is 5.91 Å². The Morgan fingerprint density at radius 3 is 2.56 bits per heavy atom. The normalized spacial score (nSPS) is 15.8. The third-order valence-electron chi connectivity index (χ3n) is 4.65. The summed E-state index contributed by atoms with van der Waals surface area (Å²) < 4.78 is 19.3. The van der Waals surface area contributed by atoms with Gasteiger partial charge in [-0.1, -0.05) is 30.3 Å². The molecule has 1 heterocycles. The average Bonchev–Trinajstić information content (AvgIpc) is 3.17. The van der Waals surface area contributed by atoms with Crippen LogP contribution in [0.25, 0.3) is 0 Å². The van der Waals surface area contributed by atoms with E-state index < -0.39 is 11.7 Å². The number of rotatable bonds is 6. The smallest absolute Gasteiger partial charge is 0.254 e. The number of halogens is 1. The Hall–Kier alpha value is -2.40. The van der Waals surface area contributed by atoms with Gasteiger partial charge in [-0.2, -0.15) is 0 Å². The molecule has 0 spiro atoms. The standard InChI is InChI=1S/C20H23FN2O2/c1-25-19-11-5-3-9-16(19)18(23-12-6-7-13-23)14-22-20(24)15-8-2-4-10-17(15)21/h2-5,8-11,18H,6-7,12-14H2,1H3,(H,22,24). The minimum Gasteiger partial charge on any atom is -0.496 e. The first-order chi connectivity index (χ1) is 12.2. The molecular formula is C20H23FN2O2. The van der Waals surface area contributed by atoms with Gasteiger partial charge in [-0.05, 0) is 44.1 Å². The third kappa shape index (κ3) is 3.99. The molecule has 1 amide bonds. The van der Waals surface area contributed by atoms with E-state index in [0.717, 1.165) is 37.2 Å². The van der Waals surface area contributed by atoms with Gasteiger partial charge in [-0.3, -0.25) is 9.69 Å². The molecule has 0 aromatic heterocycles. The monoisotopic (exact) mass is 342 g/mol. The minimum atomic E-state index is -0.505. The van der Waals surface area contributed by atoms with Crippen molar-refractivity contribution in [1.29, 1.82) is 0 Å². The summed E-state index contributed by atoms with van der Waals surface area (Å²) in [5, 5.41) is 2.89. The maximum absolute atomic E-state index is 13.8. The fourth-order valence-corrected chi connectivity index (χ4v) is 3.36. The van der Waals surface area contributed by atoms with Crippen molar-refractivity contribution in [3.63, 3.8) is 0 Å². The Morgan fingerprint density at radius 1 is 1.16 bits per heavy atom. The number of carbonyl (C=O) groups is 1. The predicted molar refractivity (Wildman–Crippen MR) is 95.3 cm³/mol. The lowest BCUT2D eigenvalue weighted by atomic mass is 10.0. The highest BCUT2D eigenvalue weighted by atomic mass is 19.1. The highest BCUT2D eigenvalue weighted by Crippen LogP contribution is 2.31. The molecule has 132 valence electrons. The SMILES string of the molecule is COc1ccccc1C(CNC(=O)c1ccccc1F)N1CCCC1. The Bertz CT molecular complexity index is 729. The van der Waals surface area contributed by atoms with Gasteiger partial charge >= 0.3 is 0 Å². The summed E-state index contributed by atoms with van der Waals surface area (Å²) in [5.74, 6) is -0.0910. The Kier molecular flexibility index (Phi) is 5.66. The molecule has 0 radical (unpaired) electrons. The number of methoxy groups -OCH3 is 1. The number of amides is 1. The zero-order chi connectivity index (χ0) is 17.6. The number of likely N-dealkylation sites (tertiary alicyclic amines) is 1. The van der Waals surface area contributed by atoms with Gasteiger partial charge < -0.3 is 10.1 Å². The van der Waals surface area contributed by atoms with Crippen LogP contribution < -0.4 is 10.1 Å². The first-order valence-electron chi connectivity index (χ1n) is 8.60. The summed E-state index contributed by atoms with van der Waals surface area (Å²) in [7, 11) is 1.65. The van der Waals surface area contributed by atoms with Crippen molar-refractivity contribution in [1.82, 2.24) is 10.2 Å². The second-order valence-electron chi connectivity index (χ2n) is 6.19. The minimum absolute atomic E-state index is 0.00868. The summed E-state index contributed by atoms with van der Waals surface area (Å²) >= 11 is 0. The first-order valence-corrected chi connectivity index (χ1v) is 8.60. The van der Waals surface area contributed by atoms with Crippen LogP contribution in [-0.4, -0.2) is 37.6 Å². The fourth-order valence-electron chi connectivity index (χ4n) is 3.36. The average molecular weight is 342 g/mol. The number of carbonyl (C=O) groups excluding carboxylic acids is 1. The first kappa shape index (κ1) is 17.4. The largest absolute Gasteiger partial charge is 0.496 e. The van der Waals surface area contributed by atoms with Crippen LogP contribution in [0.1, 0.15) is 34.8 Å². The topological polar surface area (TPSA) is 41.6 Å². The molecule has 1 saturated heterocycles. The zero-order valence-electron chi connectivity index (χ0n) is 14.4. The molecule has 1 atom stereocenters. The van der Waals surface area contributed by atoms with Gasteiger partial charge in [0.05, 0.1) is 18.7 Å². The van der Waals surface area contributed by atoms with Gasteiger partial charge in [0.2, 0.25) is 0 Å². The van der Waals surface area contributed by atoms with Crippen molar-refractivity contribution in [3.05, 3.63) is 65.5 Å². The van der Waals surface area contributed by atoms with Gasteiger partial charge in [0, 0.05) is 12.1 Å². The number of hydrogen-bond acceptors (Lipinski definition) is 3. The van der Waals surface area contributed by atoms with Crippen LogP contribution in [0.2, 0.25) is 0 Å². The summed E-state index contributed by atoms with van der Waals surface area (Å²) in [4.78, 5) is 14.7. The molecule has 1 aliphatic heterocycles.